The largest absolute Gasteiger partial charge is 0.389 e. The number of carbonyl (C=O) groups is 1. The molecule has 7 nitrogen and oxygen atoms in total. The summed E-state index contributed by atoms with van der Waals surface area (Å²) in [6.07, 6.45) is 5.04. The molecule has 2 N–H and O–H groups in total. The third-order valence-corrected chi connectivity index (χ3v) is 9.17. The van der Waals surface area contributed by atoms with Gasteiger partial charge < -0.3 is 15.2 Å². The molecular formula is C29H33ClN4O3. The Balaban J connectivity index is 1.16. The van der Waals surface area contributed by atoms with E-state index >= 15 is 0 Å². The zero-order chi connectivity index (χ0) is 25.7. The molecule has 37 heavy (non-hydrogen) atoms. The number of anilines is 1. The van der Waals surface area contributed by atoms with Crippen LogP contribution in [0.3, 0.4) is 0 Å². The normalized spacial score (nSPS) is 30.5. The Labute approximate surface area is 222 Å². The van der Waals surface area contributed by atoms with Gasteiger partial charge in [-0.1, -0.05) is 24.6 Å². The first-order valence-corrected chi connectivity index (χ1v) is 13.5. The van der Waals surface area contributed by atoms with Crippen molar-refractivity contribution in [3.63, 3.8) is 0 Å². The van der Waals surface area contributed by atoms with Crippen molar-refractivity contribution < 1.29 is 14.6 Å². The maximum Gasteiger partial charge on any atom is 0.229 e. The van der Waals surface area contributed by atoms with E-state index in [1.165, 1.54) is 0 Å². The highest BCUT2D eigenvalue weighted by Crippen LogP contribution is 2.53. The van der Waals surface area contributed by atoms with Crippen LogP contribution in [0.1, 0.15) is 49.8 Å². The van der Waals surface area contributed by atoms with Crippen molar-refractivity contribution in [3.8, 4) is 0 Å². The summed E-state index contributed by atoms with van der Waals surface area (Å²) in [5, 5.41) is 16.2. The standard InChI is InChI=1S/C29H33ClN4O3/c1-17-26(23-5-3-4-8-31-23)27(17)28(36)33-25-13-19-11-21(22(30)12-20(19)14-32-25)18-6-9-34(10-7-18)29(2)16-37-15-24(29)35/h3-5,8,11-14,17-18,24,26-27,35H,6-7,9-10,15-16H2,1-2H3,(H,32,33,36)/t17-,24+,26+,27+,29-/m0/s1. The van der Waals surface area contributed by atoms with Crippen LogP contribution in [0, 0.1) is 11.8 Å². The Morgan fingerprint density at radius 1 is 1.19 bits per heavy atom. The summed E-state index contributed by atoms with van der Waals surface area (Å²) >= 11 is 6.74. The van der Waals surface area contributed by atoms with Gasteiger partial charge in [0.2, 0.25) is 5.91 Å². The molecule has 1 saturated carbocycles. The molecule has 5 atom stereocenters. The number of halogens is 1. The van der Waals surface area contributed by atoms with E-state index in [0.29, 0.717) is 24.9 Å². The lowest BCUT2D eigenvalue weighted by atomic mass is 9.85. The van der Waals surface area contributed by atoms with E-state index in [0.717, 1.165) is 53.0 Å². The van der Waals surface area contributed by atoms with Crippen molar-refractivity contribution in [1.82, 2.24) is 14.9 Å². The van der Waals surface area contributed by atoms with Crippen molar-refractivity contribution in [3.05, 3.63) is 65.1 Å². The van der Waals surface area contributed by atoms with Crippen molar-refractivity contribution in [2.45, 2.75) is 50.2 Å². The van der Waals surface area contributed by atoms with Crippen molar-refractivity contribution >= 4 is 34.1 Å². The van der Waals surface area contributed by atoms with Gasteiger partial charge in [0, 0.05) is 34.4 Å². The Bertz CT molecular complexity index is 1310. The molecule has 0 unspecified atom stereocenters. The van der Waals surface area contributed by atoms with Crippen LogP contribution < -0.4 is 5.32 Å². The second-order valence-electron chi connectivity index (χ2n) is 11.1. The molecule has 1 amide bonds. The number of pyridine rings is 2. The summed E-state index contributed by atoms with van der Waals surface area (Å²) in [5.41, 5.74) is 1.79. The predicted octanol–water partition coefficient (Wildman–Crippen LogP) is 4.60. The number of rotatable bonds is 5. The van der Waals surface area contributed by atoms with E-state index < -0.39 is 6.10 Å². The Morgan fingerprint density at radius 2 is 2.00 bits per heavy atom. The second kappa shape index (κ2) is 9.62. The lowest BCUT2D eigenvalue weighted by molar-refractivity contribution is -0.117. The van der Waals surface area contributed by atoms with Gasteiger partial charge in [0.1, 0.15) is 5.82 Å². The van der Waals surface area contributed by atoms with E-state index in [1.54, 1.807) is 12.4 Å². The molecule has 2 aromatic heterocycles. The van der Waals surface area contributed by atoms with Gasteiger partial charge >= 0.3 is 0 Å². The van der Waals surface area contributed by atoms with Crippen LogP contribution in [-0.2, 0) is 9.53 Å². The number of piperidine rings is 1. The number of aliphatic hydroxyl groups excluding tert-OH is 1. The Morgan fingerprint density at radius 3 is 2.70 bits per heavy atom. The van der Waals surface area contributed by atoms with E-state index in [4.69, 9.17) is 16.3 Å². The first-order valence-electron chi connectivity index (χ1n) is 13.2. The van der Waals surface area contributed by atoms with E-state index in [9.17, 15) is 9.90 Å². The number of fused-ring (bicyclic) bond motifs is 1. The number of likely N-dealkylation sites (tertiary alicyclic amines) is 1. The van der Waals surface area contributed by atoms with Crippen LogP contribution in [0.25, 0.3) is 10.8 Å². The lowest BCUT2D eigenvalue weighted by Gasteiger charge is -2.43. The number of carbonyl (C=O) groups excluding carboxylic acids is 1. The van der Waals surface area contributed by atoms with Gasteiger partial charge in [-0.2, -0.15) is 0 Å². The lowest BCUT2D eigenvalue weighted by Crippen LogP contribution is -2.56. The molecule has 3 aromatic rings. The van der Waals surface area contributed by atoms with Gasteiger partial charge in [-0.25, -0.2) is 4.98 Å². The van der Waals surface area contributed by atoms with Crippen molar-refractivity contribution in [2.24, 2.45) is 11.8 Å². The molecule has 3 fully saturated rings. The molecule has 6 rings (SSSR count). The van der Waals surface area contributed by atoms with Gasteiger partial charge in [0.25, 0.3) is 0 Å². The molecule has 0 bridgehead atoms. The van der Waals surface area contributed by atoms with Gasteiger partial charge in [0.15, 0.2) is 0 Å². The van der Waals surface area contributed by atoms with Crippen LogP contribution in [-0.4, -0.2) is 63.8 Å². The highest BCUT2D eigenvalue weighted by atomic mass is 35.5. The zero-order valence-electron chi connectivity index (χ0n) is 21.2. The quantitative estimate of drug-likeness (QED) is 0.511. The molecule has 2 saturated heterocycles. The summed E-state index contributed by atoms with van der Waals surface area (Å²) < 4.78 is 5.54. The highest BCUT2D eigenvalue weighted by Gasteiger charge is 2.53. The number of ether oxygens (including phenoxy) is 1. The number of aromatic nitrogens is 2. The number of aliphatic hydroxyl groups is 1. The predicted molar refractivity (Wildman–Crippen MR) is 144 cm³/mol. The summed E-state index contributed by atoms with van der Waals surface area (Å²) in [6.45, 7) is 6.95. The molecule has 0 spiro atoms. The van der Waals surface area contributed by atoms with E-state index in [-0.39, 0.29) is 29.2 Å². The first-order chi connectivity index (χ1) is 17.8. The number of hydrogen-bond donors (Lipinski definition) is 2. The molecule has 1 aromatic carbocycles. The average molecular weight is 521 g/mol. The minimum absolute atomic E-state index is 0.0110. The molecular weight excluding hydrogens is 488 g/mol. The molecule has 4 heterocycles. The maximum atomic E-state index is 13.0. The highest BCUT2D eigenvalue weighted by molar-refractivity contribution is 6.32. The van der Waals surface area contributed by atoms with Gasteiger partial charge in [-0.05, 0) is 86.0 Å². The average Bonchev–Trinajstić information content (AvgIpc) is 3.47. The van der Waals surface area contributed by atoms with E-state index in [2.05, 4.69) is 40.1 Å². The number of hydrogen-bond acceptors (Lipinski definition) is 6. The number of benzene rings is 1. The van der Waals surface area contributed by atoms with Crippen LogP contribution in [0.2, 0.25) is 5.02 Å². The van der Waals surface area contributed by atoms with Crippen molar-refractivity contribution in [1.29, 1.82) is 0 Å². The van der Waals surface area contributed by atoms with Gasteiger partial charge in [-0.15, -0.1) is 0 Å². The van der Waals surface area contributed by atoms with E-state index in [1.807, 2.05) is 30.3 Å². The summed E-state index contributed by atoms with van der Waals surface area (Å²) in [6, 6.07) is 11.9. The fraction of sp³-hybridized carbons (Fsp3) is 0.483. The molecule has 0 radical (unpaired) electrons. The molecule has 2 aliphatic heterocycles. The first kappa shape index (κ1) is 24.7. The number of amides is 1. The molecule has 1 aliphatic carbocycles. The van der Waals surface area contributed by atoms with Gasteiger partial charge in [-0.3, -0.25) is 14.7 Å². The fourth-order valence-electron chi connectivity index (χ4n) is 6.32. The summed E-state index contributed by atoms with van der Waals surface area (Å²) in [4.78, 5) is 24.3. The summed E-state index contributed by atoms with van der Waals surface area (Å²) in [7, 11) is 0. The van der Waals surface area contributed by atoms with Crippen molar-refractivity contribution in [2.75, 3.05) is 31.6 Å². The molecule has 194 valence electrons. The SMILES string of the molecule is C[C@@H]1[C@@H](C(=O)Nc2cc3cc(C4CCN([C@@]5(C)COC[C@H]5O)CC4)c(Cl)cc3cn2)[C@H]1c1ccccn1. The third-order valence-electron chi connectivity index (χ3n) is 8.84. The fourth-order valence-corrected chi connectivity index (χ4v) is 6.65. The molecule has 3 aliphatic rings. The number of nitrogens with zero attached hydrogens (tertiary/aromatic N) is 3. The minimum atomic E-state index is -0.452. The zero-order valence-corrected chi connectivity index (χ0v) is 22.0. The number of nitrogens with one attached hydrogen (secondary N) is 1. The van der Waals surface area contributed by atoms with Gasteiger partial charge in [0.05, 0.1) is 30.8 Å². The Kier molecular flexibility index (Phi) is 6.43. The van der Waals surface area contributed by atoms with Crippen LogP contribution in [0.15, 0.2) is 48.8 Å². The Hall–Kier alpha value is -2.58. The third kappa shape index (κ3) is 4.52. The monoisotopic (exact) mass is 520 g/mol. The second-order valence-corrected chi connectivity index (χ2v) is 11.5. The smallest absolute Gasteiger partial charge is 0.229 e. The van der Waals surface area contributed by atoms with Crippen LogP contribution >= 0.6 is 11.6 Å². The topological polar surface area (TPSA) is 87.6 Å². The minimum Gasteiger partial charge on any atom is -0.389 e. The van der Waals surface area contributed by atoms with Crippen LogP contribution in [0.4, 0.5) is 5.82 Å². The van der Waals surface area contributed by atoms with Crippen LogP contribution in [0.5, 0.6) is 0 Å². The maximum absolute atomic E-state index is 13.0. The summed E-state index contributed by atoms with van der Waals surface area (Å²) in [5.74, 6) is 1.20. The molecule has 8 heteroatoms.